The largest absolute Gasteiger partial charge is 0.391 e. The second-order valence-corrected chi connectivity index (χ2v) is 5.85. The monoisotopic (exact) mass is 270 g/mol. The van der Waals surface area contributed by atoms with Gasteiger partial charge in [0.15, 0.2) is 5.13 Å². The van der Waals surface area contributed by atoms with Crippen LogP contribution < -0.4 is 4.90 Å². The topological polar surface area (TPSA) is 45.6 Å². The third-order valence-electron chi connectivity index (χ3n) is 3.23. The van der Waals surface area contributed by atoms with E-state index in [9.17, 15) is 5.11 Å². The highest BCUT2D eigenvalue weighted by atomic mass is 32.1. The zero-order chi connectivity index (χ0) is 13.0. The van der Waals surface area contributed by atoms with Crippen LogP contribution >= 0.6 is 11.3 Å². The average Bonchev–Trinajstić information content (AvgIpc) is 2.98. The van der Waals surface area contributed by atoms with Gasteiger partial charge in [-0.3, -0.25) is 0 Å². The highest BCUT2D eigenvalue weighted by Gasteiger charge is 2.20. The van der Waals surface area contributed by atoms with Gasteiger partial charge in [-0.15, -0.1) is 0 Å². The van der Waals surface area contributed by atoms with Crippen LogP contribution in [0.25, 0.3) is 0 Å². The zero-order valence-corrected chi connectivity index (χ0v) is 12.0. The van der Waals surface area contributed by atoms with Gasteiger partial charge in [0.25, 0.3) is 0 Å². The Bertz CT molecular complexity index is 375. The molecule has 0 radical (unpaired) electrons. The number of anilines is 1. The van der Waals surface area contributed by atoms with Crippen LogP contribution in [0.3, 0.4) is 0 Å². The fourth-order valence-electron chi connectivity index (χ4n) is 2.26. The number of hydrogen-bond donors (Lipinski definition) is 1. The number of likely N-dealkylation sites (N-methyl/N-ethyl adjacent to an activating group) is 1. The minimum absolute atomic E-state index is 0.0980. The molecule has 1 N–H and O–H groups in total. The first kappa shape index (κ1) is 13.8. The summed E-state index contributed by atoms with van der Waals surface area (Å²) in [7, 11) is 2.05. The van der Waals surface area contributed by atoms with Crippen molar-refractivity contribution in [2.24, 2.45) is 0 Å². The van der Waals surface area contributed by atoms with Gasteiger partial charge < -0.3 is 14.7 Å². The number of hydrogen-bond acceptors (Lipinski definition) is 5. The number of aliphatic hydroxyl groups is 1. The first-order valence-corrected chi connectivity index (χ1v) is 7.48. The molecule has 0 saturated carbocycles. The lowest BCUT2D eigenvalue weighted by atomic mass is 10.2. The molecule has 2 rings (SSSR count). The second-order valence-electron chi connectivity index (χ2n) is 4.79. The summed E-state index contributed by atoms with van der Waals surface area (Å²) in [5, 5.41) is 10.3. The lowest BCUT2D eigenvalue weighted by Gasteiger charge is -2.19. The molecule has 1 aliphatic heterocycles. The summed E-state index contributed by atoms with van der Waals surface area (Å²) in [5.41, 5.74) is 1.05. The summed E-state index contributed by atoms with van der Waals surface area (Å²) in [6.07, 6.45) is 4.65. The predicted octanol–water partition coefficient (Wildman–Crippen LogP) is 2.20. The van der Waals surface area contributed by atoms with E-state index in [0.29, 0.717) is 6.10 Å². The molecule has 102 valence electrons. The SMILES string of the molecule is CCCc1nc(N(C)CC2CCCO2)sc1CO. The second kappa shape index (κ2) is 6.50. The molecule has 1 aromatic rings. The summed E-state index contributed by atoms with van der Waals surface area (Å²) in [6, 6.07) is 0. The Morgan fingerprint density at radius 1 is 1.56 bits per heavy atom. The number of rotatable bonds is 6. The first-order chi connectivity index (χ1) is 8.74. The predicted molar refractivity (Wildman–Crippen MR) is 74.3 cm³/mol. The number of aryl methyl sites for hydroxylation is 1. The number of nitrogens with zero attached hydrogens (tertiary/aromatic N) is 2. The number of thiazole rings is 1. The van der Waals surface area contributed by atoms with E-state index in [-0.39, 0.29) is 6.61 Å². The number of aliphatic hydroxyl groups excluding tert-OH is 1. The van der Waals surface area contributed by atoms with E-state index >= 15 is 0 Å². The number of ether oxygens (including phenoxy) is 1. The van der Waals surface area contributed by atoms with Gasteiger partial charge >= 0.3 is 0 Å². The van der Waals surface area contributed by atoms with Crippen molar-refractivity contribution in [1.29, 1.82) is 0 Å². The maximum atomic E-state index is 9.35. The van der Waals surface area contributed by atoms with Crippen molar-refractivity contribution in [3.05, 3.63) is 10.6 Å². The van der Waals surface area contributed by atoms with Crippen molar-refractivity contribution in [2.75, 3.05) is 25.1 Å². The van der Waals surface area contributed by atoms with Crippen LogP contribution in [0.2, 0.25) is 0 Å². The van der Waals surface area contributed by atoms with Gasteiger partial charge in [0.2, 0.25) is 0 Å². The van der Waals surface area contributed by atoms with Crippen LogP contribution in [-0.4, -0.2) is 36.4 Å². The lowest BCUT2D eigenvalue weighted by molar-refractivity contribution is 0.116. The van der Waals surface area contributed by atoms with Crippen molar-refractivity contribution < 1.29 is 9.84 Å². The van der Waals surface area contributed by atoms with E-state index in [1.807, 2.05) is 0 Å². The fourth-order valence-corrected chi connectivity index (χ4v) is 3.20. The molecular weight excluding hydrogens is 248 g/mol. The standard InChI is InChI=1S/C13H22N2O2S/c1-3-5-11-12(9-16)18-13(14-11)15(2)8-10-6-4-7-17-10/h10,16H,3-9H2,1-2H3. The Hall–Kier alpha value is -0.650. The van der Waals surface area contributed by atoms with Crippen LogP contribution in [-0.2, 0) is 17.8 Å². The van der Waals surface area contributed by atoms with Crippen molar-refractivity contribution >= 4 is 16.5 Å². The summed E-state index contributed by atoms with van der Waals surface area (Å²) in [6.45, 7) is 4.01. The van der Waals surface area contributed by atoms with Gasteiger partial charge in [-0.1, -0.05) is 24.7 Å². The van der Waals surface area contributed by atoms with E-state index in [0.717, 1.165) is 48.1 Å². The van der Waals surface area contributed by atoms with Gasteiger partial charge in [0.05, 0.1) is 23.3 Å². The first-order valence-electron chi connectivity index (χ1n) is 6.66. The van der Waals surface area contributed by atoms with E-state index < -0.39 is 0 Å². The molecule has 2 heterocycles. The van der Waals surface area contributed by atoms with Crippen LogP contribution in [0, 0.1) is 0 Å². The van der Waals surface area contributed by atoms with Crippen molar-refractivity contribution in [3.63, 3.8) is 0 Å². The minimum Gasteiger partial charge on any atom is -0.391 e. The van der Waals surface area contributed by atoms with Gasteiger partial charge in [-0.25, -0.2) is 4.98 Å². The normalized spacial score (nSPS) is 19.4. The molecule has 1 saturated heterocycles. The van der Waals surface area contributed by atoms with Crippen molar-refractivity contribution in [2.45, 2.75) is 45.3 Å². The third kappa shape index (κ3) is 3.22. The summed E-state index contributed by atoms with van der Waals surface area (Å²) in [5.74, 6) is 0. The Morgan fingerprint density at radius 2 is 2.39 bits per heavy atom. The Balaban J connectivity index is 2.02. The van der Waals surface area contributed by atoms with Crippen molar-refractivity contribution in [1.82, 2.24) is 4.98 Å². The Labute approximate surface area is 113 Å². The molecule has 0 spiro atoms. The maximum absolute atomic E-state index is 9.35. The van der Waals surface area contributed by atoms with E-state index in [2.05, 4.69) is 23.9 Å². The molecule has 1 atom stereocenters. The smallest absolute Gasteiger partial charge is 0.185 e. The van der Waals surface area contributed by atoms with Gasteiger partial charge in [0, 0.05) is 20.2 Å². The van der Waals surface area contributed by atoms with E-state index in [4.69, 9.17) is 4.74 Å². The molecule has 4 nitrogen and oxygen atoms in total. The molecule has 0 bridgehead atoms. The van der Waals surface area contributed by atoms with Gasteiger partial charge in [-0.2, -0.15) is 0 Å². The molecule has 0 aliphatic carbocycles. The number of aromatic nitrogens is 1. The Morgan fingerprint density at radius 3 is 3.00 bits per heavy atom. The molecule has 18 heavy (non-hydrogen) atoms. The molecule has 1 fully saturated rings. The molecule has 1 aromatic heterocycles. The maximum Gasteiger partial charge on any atom is 0.185 e. The summed E-state index contributed by atoms with van der Waals surface area (Å²) >= 11 is 1.60. The van der Waals surface area contributed by atoms with E-state index in [1.54, 1.807) is 11.3 Å². The molecule has 5 heteroatoms. The Kier molecular flexibility index (Phi) is 4.97. The fraction of sp³-hybridized carbons (Fsp3) is 0.769. The van der Waals surface area contributed by atoms with Gasteiger partial charge in [-0.05, 0) is 19.3 Å². The zero-order valence-electron chi connectivity index (χ0n) is 11.2. The summed E-state index contributed by atoms with van der Waals surface area (Å²) in [4.78, 5) is 7.80. The molecule has 1 unspecified atom stereocenters. The van der Waals surface area contributed by atoms with Crippen LogP contribution in [0.15, 0.2) is 0 Å². The van der Waals surface area contributed by atoms with Crippen LogP contribution in [0.5, 0.6) is 0 Å². The minimum atomic E-state index is 0.0980. The van der Waals surface area contributed by atoms with Crippen LogP contribution in [0.1, 0.15) is 36.8 Å². The molecular formula is C13H22N2O2S. The molecule has 0 aromatic carbocycles. The van der Waals surface area contributed by atoms with Gasteiger partial charge in [0.1, 0.15) is 0 Å². The third-order valence-corrected chi connectivity index (χ3v) is 4.42. The highest BCUT2D eigenvalue weighted by molar-refractivity contribution is 7.15. The highest BCUT2D eigenvalue weighted by Crippen LogP contribution is 2.27. The lowest BCUT2D eigenvalue weighted by Crippen LogP contribution is -2.28. The quantitative estimate of drug-likeness (QED) is 0.861. The average molecular weight is 270 g/mol. The van der Waals surface area contributed by atoms with E-state index in [1.165, 1.54) is 6.42 Å². The molecule has 0 amide bonds. The van der Waals surface area contributed by atoms with Crippen LogP contribution in [0.4, 0.5) is 5.13 Å². The van der Waals surface area contributed by atoms with Crippen molar-refractivity contribution in [3.8, 4) is 0 Å². The molecule has 1 aliphatic rings. The summed E-state index contributed by atoms with van der Waals surface area (Å²) < 4.78 is 5.64.